The Balaban J connectivity index is 2.27. The summed E-state index contributed by atoms with van der Waals surface area (Å²) in [5.74, 6) is 0.327. The van der Waals surface area contributed by atoms with Crippen LogP contribution in [0.4, 0.5) is 0 Å². The molecule has 96 valence electrons. The summed E-state index contributed by atoms with van der Waals surface area (Å²) in [6.07, 6.45) is 2.56. The second-order valence-electron chi connectivity index (χ2n) is 4.07. The van der Waals surface area contributed by atoms with Crippen LogP contribution in [0.25, 0.3) is 0 Å². The third-order valence-electron chi connectivity index (χ3n) is 2.89. The van der Waals surface area contributed by atoms with Gasteiger partial charge >= 0.3 is 0 Å². The van der Waals surface area contributed by atoms with Gasteiger partial charge in [-0.2, -0.15) is 0 Å². The number of thiophene rings is 1. The second kappa shape index (κ2) is 5.61. The summed E-state index contributed by atoms with van der Waals surface area (Å²) in [6.45, 7) is 0. The molecule has 2 atom stereocenters. The fraction of sp³-hybridized carbons (Fsp3) is 0.600. The number of hydrogen-bond donors (Lipinski definition) is 0. The lowest BCUT2D eigenvalue weighted by Crippen LogP contribution is -2.31. The van der Waals surface area contributed by atoms with Crippen molar-refractivity contribution in [2.24, 2.45) is 0 Å². The van der Waals surface area contributed by atoms with Crippen molar-refractivity contribution in [3.05, 3.63) is 19.2 Å². The second-order valence-corrected chi connectivity index (χ2v) is 10.7. The molecular weight excluding hydrogens is 456 g/mol. The first-order chi connectivity index (χ1) is 7.92. The van der Waals surface area contributed by atoms with E-state index in [0.29, 0.717) is 5.75 Å². The summed E-state index contributed by atoms with van der Waals surface area (Å²) < 4.78 is 26.1. The Bertz CT molecular complexity index is 490. The lowest BCUT2D eigenvalue weighted by molar-refractivity contribution is 0.538. The van der Waals surface area contributed by atoms with E-state index in [1.807, 2.05) is 6.07 Å². The van der Waals surface area contributed by atoms with Crippen LogP contribution in [-0.2, 0) is 9.84 Å². The van der Waals surface area contributed by atoms with Crippen LogP contribution in [0.1, 0.15) is 29.0 Å². The Hall–Kier alpha value is 1.09. The fourth-order valence-electron chi connectivity index (χ4n) is 1.99. The average Bonchev–Trinajstić information content (AvgIpc) is 2.58. The molecule has 2 rings (SSSR count). The minimum atomic E-state index is -2.95. The van der Waals surface area contributed by atoms with Crippen LogP contribution in [0, 0.1) is 0 Å². The molecule has 0 amide bonds. The van der Waals surface area contributed by atoms with Gasteiger partial charge in [-0.15, -0.1) is 11.3 Å². The zero-order valence-electron chi connectivity index (χ0n) is 8.83. The molecule has 0 bridgehead atoms. The third-order valence-corrected chi connectivity index (χ3v) is 10.3. The highest BCUT2D eigenvalue weighted by Crippen LogP contribution is 2.43. The Morgan fingerprint density at radius 2 is 2.06 bits per heavy atom. The summed E-state index contributed by atoms with van der Waals surface area (Å²) in [5, 5.41) is -0.284. The largest absolute Gasteiger partial charge is 0.228 e. The Morgan fingerprint density at radius 1 is 1.35 bits per heavy atom. The first-order valence-electron chi connectivity index (χ1n) is 5.22. The van der Waals surface area contributed by atoms with E-state index in [9.17, 15) is 8.42 Å². The normalized spacial score (nSPS) is 25.7. The van der Waals surface area contributed by atoms with Gasteiger partial charge in [-0.1, -0.05) is 22.4 Å². The highest BCUT2D eigenvalue weighted by molar-refractivity contribution is 9.13. The van der Waals surface area contributed by atoms with Crippen LogP contribution >= 0.6 is 59.1 Å². The zero-order chi connectivity index (χ0) is 12.6. The van der Waals surface area contributed by atoms with Gasteiger partial charge in [-0.25, -0.2) is 8.42 Å². The SMILES string of the molecule is O=S1(=O)CCCCC1C(Br)c1cc(Br)c(Br)s1. The number of alkyl halides is 1. The maximum Gasteiger partial charge on any atom is 0.154 e. The molecule has 0 aromatic carbocycles. The van der Waals surface area contributed by atoms with E-state index < -0.39 is 9.84 Å². The number of halogens is 3. The minimum Gasteiger partial charge on any atom is -0.228 e. The highest BCUT2D eigenvalue weighted by atomic mass is 79.9. The Morgan fingerprint density at radius 3 is 2.59 bits per heavy atom. The van der Waals surface area contributed by atoms with Gasteiger partial charge in [0, 0.05) is 9.35 Å². The molecule has 1 saturated heterocycles. The molecule has 17 heavy (non-hydrogen) atoms. The zero-order valence-corrected chi connectivity index (χ0v) is 15.2. The van der Waals surface area contributed by atoms with Crippen molar-refractivity contribution in [1.82, 2.24) is 0 Å². The summed E-state index contributed by atoms with van der Waals surface area (Å²) in [6, 6.07) is 1.98. The average molecular weight is 467 g/mol. The lowest BCUT2D eigenvalue weighted by Gasteiger charge is -2.25. The van der Waals surface area contributed by atoms with Gasteiger partial charge in [0.25, 0.3) is 0 Å². The summed E-state index contributed by atoms with van der Waals surface area (Å²) >= 11 is 12.0. The molecule has 0 radical (unpaired) electrons. The van der Waals surface area contributed by atoms with E-state index in [-0.39, 0.29) is 10.1 Å². The minimum absolute atomic E-state index is 0.0969. The van der Waals surface area contributed by atoms with Crippen molar-refractivity contribution < 1.29 is 8.42 Å². The van der Waals surface area contributed by atoms with Crippen LogP contribution in [0.5, 0.6) is 0 Å². The summed E-state index contributed by atoms with van der Waals surface area (Å²) in [7, 11) is -2.95. The molecule has 2 heterocycles. The molecule has 1 fully saturated rings. The van der Waals surface area contributed by atoms with Gasteiger partial charge in [0.1, 0.15) is 0 Å². The predicted molar refractivity (Wildman–Crippen MR) is 82.8 cm³/mol. The van der Waals surface area contributed by atoms with E-state index in [0.717, 1.165) is 32.4 Å². The quantitative estimate of drug-likeness (QED) is 0.593. The molecule has 0 spiro atoms. The first-order valence-corrected chi connectivity index (χ1v) is 10.3. The maximum absolute atomic E-state index is 12.0. The summed E-state index contributed by atoms with van der Waals surface area (Å²) in [5.41, 5.74) is 0. The first kappa shape index (κ1) is 14.5. The molecule has 2 unspecified atom stereocenters. The van der Waals surface area contributed by atoms with Crippen LogP contribution in [0.3, 0.4) is 0 Å². The van der Waals surface area contributed by atoms with Crippen molar-refractivity contribution in [1.29, 1.82) is 0 Å². The van der Waals surface area contributed by atoms with Crippen molar-refractivity contribution in [2.75, 3.05) is 5.75 Å². The number of sulfone groups is 1. The predicted octanol–water partition coefficient (Wildman–Crippen LogP) is 4.68. The maximum atomic E-state index is 12.0. The molecule has 7 heteroatoms. The van der Waals surface area contributed by atoms with Gasteiger partial charge < -0.3 is 0 Å². The fourth-order valence-corrected chi connectivity index (χ4v) is 7.82. The van der Waals surface area contributed by atoms with Crippen LogP contribution in [-0.4, -0.2) is 19.4 Å². The standard InChI is InChI=1S/C10H11Br3O2S2/c11-6-5-7(16-10(6)13)9(12)8-3-1-2-4-17(8,14)15/h5,8-9H,1-4H2. The summed E-state index contributed by atoms with van der Waals surface area (Å²) in [4.78, 5) is 0.958. The van der Waals surface area contributed by atoms with Crippen molar-refractivity contribution in [3.63, 3.8) is 0 Å². The van der Waals surface area contributed by atoms with Crippen LogP contribution < -0.4 is 0 Å². The Kier molecular flexibility index (Phi) is 4.78. The van der Waals surface area contributed by atoms with E-state index in [2.05, 4.69) is 47.8 Å². The molecule has 1 aromatic heterocycles. The van der Waals surface area contributed by atoms with Crippen molar-refractivity contribution >= 4 is 69.0 Å². The van der Waals surface area contributed by atoms with E-state index >= 15 is 0 Å². The van der Waals surface area contributed by atoms with Gasteiger partial charge in [0.15, 0.2) is 9.84 Å². The molecular formula is C10H11Br3O2S2. The smallest absolute Gasteiger partial charge is 0.154 e. The van der Waals surface area contributed by atoms with Crippen LogP contribution in [0.15, 0.2) is 14.3 Å². The van der Waals surface area contributed by atoms with Crippen molar-refractivity contribution in [3.8, 4) is 0 Å². The highest BCUT2D eigenvalue weighted by Gasteiger charge is 2.35. The molecule has 1 aromatic rings. The number of hydrogen-bond acceptors (Lipinski definition) is 3. The number of rotatable bonds is 2. The topological polar surface area (TPSA) is 34.1 Å². The van der Waals surface area contributed by atoms with Gasteiger partial charge in [0.05, 0.1) is 19.6 Å². The van der Waals surface area contributed by atoms with Crippen molar-refractivity contribution in [2.45, 2.75) is 29.3 Å². The lowest BCUT2D eigenvalue weighted by atomic mass is 10.1. The van der Waals surface area contributed by atoms with E-state index in [1.165, 1.54) is 0 Å². The van der Waals surface area contributed by atoms with Gasteiger partial charge in [-0.3, -0.25) is 0 Å². The van der Waals surface area contributed by atoms with E-state index in [1.54, 1.807) is 11.3 Å². The molecule has 0 N–H and O–H groups in total. The monoisotopic (exact) mass is 464 g/mol. The molecule has 0 aliphatic carbocycles. The Labute approximate surface area is 130 Å². The van der Waals surface area contributed by atoms with E-state index in [4.69, 9.17) is 0 Å². The molecule has 1 aliphatic heterocycles. The third kappa shape index (κ3) is 3.16. The molecule has 1 aliphatic rings. The van der Waals surface area contributed by atoms with Gasteiger partial charge in [0.2, 0.25) is 0 Å². The molecule has 2 nitrogen and oxygen atoms in total. The van der Waals surface area contributed by atoms with Gasteiger partial charge in [-0.05, 0) is 50.8 Å². The molecule has 0 saturated carbocycles. The van der Waals surface area contributed by atoms with Crippen LogP contribution in [0.2, 0.25) is 0 Å².